The van der Waals surface area contributed by atoms with Crippen molar-refractivity contribution in [2.75, 3.05) is 0 Å². The van der Waals surface area contributed by atoms with Gasteiger partial charge in [-0.15, -0.1) is 0 Å². The van der Waals surface area contributed by atoms with Crippen LogP contribution in [0.15, 0.2) is 0 Å². The molecule has 0 aliphatic rings. The number of aryl methyl sites for hydroxylation is 1. The normalized spacial score (nSPS) is 11.8. The minimum Gasteiger partial charge on any atom is -0.203 e. The van der Waals surface area contributed by atoms with Crippen LogP contribution in [0.25, 0.3) is 0 Å². The monoisotopic (exact) mass is 245 g/mol. The summed E-state index contributed by atoms with van der Waals surface area (Å²) in [5.74, 6) is -0.0627. The molecule has 0 bridgehead atoms. The number of hydrogen-bond acceptors (Lipinski definition) is 3. The number of hydrogen-bond donors (Lipinski definition) is 0. The van der Waals surface area contributed by atoms with Gasteiger partial charge >= 0.3 is 6.18 Å². The average Bonchev–Trinajstić information content (AvgIpc) is 1.97. The Morgan fingerprint density at radius 2 is 1.50 bits per heavy atom. The van der Waals surface area contributed by atoms with Gasteiger partial charge in [-0.2, -0.15) is 18.2 Å². The van der Waals surface area contributed by atoms with Crippen LogP contribution in [0, 0.1) is 0 Å². The predicted molar refractivity (Wildman–Crippen MR) is 44.2 cm³/mol. The summed E-state index contributed by atoms with van der Waals surface area (Å²) in [7, 11) is 0. The van der Waals surface area contributed by atoms with Gasteiger partial charge in [0.1, 0.15) is 5.82 Å². The van der Waals surface area contributed by atoms with E-state index in [4.69, 9.17) is 23.2 Å². The Bertz CT molecular complexity index is 308. The summed E-state index contributed by atoms with van der Waals surface area (Å²) in [4.78, 5) is 10.4. The number of nitrogens with zero attached hydrogens (tertiary/aromatic N) is 3. The van der Waals surface area contributed by atoms with E-state index in [1.165, 1.54) is 0 Å². The van der Waals surface area contributed by atoms with Crippen molar-refractivity contribution >= 4 is 23.2 Å². The zero-order valence-corrected chi connectivity index (χ0v) is 8.16. The van der Waals surface area contributed by atoms with Crippen molar-refractivity contribution in [3.05, 3.63) is 16.4 Å². The first-order chi connectivity index (χ1) is 6.37. The van der Waals surface area contributed by atoms with Gasteiger partial charge in [0.25, 0.3) is 0 Å². The molecule has 0 fully saturated rings. The van der Waals surface area contributed by atoms with Gasteiger partial charge in [0.15, 0.2) is 0 Å². The van der Waals surface area contributed by atoms with Crippen molar-refractivity contribution in [2.45, 2.75) is 19.0 Å². The smallest absolute Gasteiger partial charge is 0.203 e. The maximum absolute atomic E-state index is 11.8. The molecule has 0 atom stereocenters. The number of rotatable bonds is 2. The van der Waals surface area contributed by atoms with Crippen LogP contribution < -0.4 is 0 Å². The Morgan fingerprint density at radius 3 is 1.93 bits per heavy atom. The molecule has 0 saturated heterocycles. The number of alkyl halides is 3. The van der Waals surface area contributed by atoms with Gasteiger partial charge < -0.3 is 0 Å². The van der Waals surface area contributed by atoms with Crippen LogP contribution in [-0.2, 0) is 6.42 Å². The van der Waals surface area contributed by atoms with Gasteiger partial charge in [0.2, 0.25) is 10.6 Å². The van der Waals surface area contributed by atoms with Crippen LogP contribution in [0.4, 0.5) is 13.2 Å². The molecule has 0 unspecified atom stereocenters. The van der Waals surface area contributed by atoms with E-state index >= 15 is 0 Å². The summed E-state index contributed by atoms with van der Waals surface area (Å²) in [6.07, 6.45) is -5.61. The van der Waals surface area contributed by atoms with Crippen LogP contribution in [0.2, 0.25) is 10.6 Å². The zero-order chi connectivity index (χ0) is 10.8. The molecule has 3 nitrogen and oxygen atoms in total. The Labute approximate surface area is 87.3 Å². The van der Waals surface area contributed by atoms with Crippen LogP contribution in [-0.4, -0.2) is 21.1 Å². The van der Waals surface area contributed by atoms with Gasteiger partial charge in [-0.05, 0) is 23.2 Å². The molecule has 1 rings (SSSR count). The highest BCUT2D eigenvalue weighted by Gasteiger charge is 2.27. The van der Waals surface area contributed by atoms with Gasteiger partial charge in [-0.1, -0.05) is 0 Å². The van der Waals surface area contributed by atoms with E-state index in [1.807, 2.05) is 0 Å². The summed E-state index contributed by atoms with van der Waals surface area (Å²) < 4.78 is 35.4. The van der Waals surface area contributed by atoms with Crippen molar-refractivity contribution in [3.63, 3.8) is 0 Å². The first kappa shape index (κ1) is 11.5. The lowest BCUT2D eigenvalue weighted by atomic mass is 10.3. The van der Waals surface area contributed by atoms with Gasteiger partial charge in [-0.3, -0.25) is 0 Å². The molecular weight excluding hydrogens is 242 g/mol. The number of halogens is 5. The van der Waals surface area contributed by atoms with E-state index in [9.17, 15) is 13.2 Å². The standard InChI is InChI=1S/C6H4Cl2F3N3/c7-4-12-3(13-5(8)14-4)1-2-6(9,10)11/h1-2H2. The lowest BCUT2D eigenvalue weighted by molar-refractivity contribution is -0.134. The highest BCUT2D eigenvalue weighted by Crippen LogP contribution is 2.21. The molecule has 78 valence electrons. The second-order valence-corrected chi connectivity index (χ2v) is 3.08. The van der Waals surface area contributed by atoms with Crippen LogP contribution in [0.1, 0.15) is 12.2 Å². The fourth-order valence-electron chi connectivity index (χ4n) is 0.729. The lowest BCUT2D eigenvalue weighted by Gasteiger charge is -2.04. The lowest BCUT2D eigenvalue weighted by Crippen LogP contribution is -2.10. The molecule has 0 aromatic carbocycles. The van der Waals surface area contributed by atoms with Crippen molar-refractivity contribution in [1.82, 2.24) is 15.0 Å². The molecule has 0 spiro atoms. The Kier molecular flexibility index (Phi) is 3.49. The molecule has 0 saturated carbocycles. The fraction of sp³-hybridized carbons (Fsp3) is 0.500. The van der Waals surface area contributed by atoms with E-state index in [1.54, 1.807) is 0 Å². The van der Waals surface area contributed by atoms with Gasteiger partial charge in [-0.25, -0.2) is 9.97 Å². The summed E-state index contributed by atoms with van der Waals surface area (Å²) in [6, 6.07) is 0. The van der Waals surface area contributed by atoms with Crippen LogP contribution in [0.5, 0.6) is 0 Å². The highest BCUT2D eigenvalue weighted by atomic mass is 35.5. The zero-order valence-electron chi connectivity index (χ0n) is 6.65. The van der Waals surface area contributed by atoms with E-state index in [2.05, 4.69) is 15.0 Å². The summed E-state index contributed by atoms with van der Waals surface area (Å²) in [5, 5.41) is -0.413. The Morgan fingerprint density at radius 1 is 1.00 bits per heavy atom. The maximum atomic E-state index is 11.8. The molecule has 14 heavy (non-hydrogen) atoms. The fourth-order valence-corrected chi connectivity index (χ4v) is 1.13. The largest absolute Gasteiger partial charge is 0.389 e. The summed E-state index contributed by atoms with van der Waals surface area (Å²) in [5.41, 5.74) is 0. The van der Waals surface area contributed by atoms with Crippen molar-refractivity contribution in [3.8, 4) is 0 Å². The summed E-state index contributed by atoms with van der Waals surface area (Å²) in [6.45, 7) is 0. The van der Waals surface area contributed by atoms with Crippen molar-refractivity contribution in [1.29, 1.82) is 0 Å². The third-order valence-corrected chi connectivity index (χ3v) is 1.60. The topological polar surface area (TPSA) is 38.7 Å². The molecule has 0 amide bonds. The molecular formula is C6H4Cl2F3N3. The molecule has 0 aliphatic carbocycles. The molecule has 0 N–H and O–H groups in total. The molecule has 1 aromatic heterocycles. The van der Waals surface area contributed by atoms with E-state index < -0.39 is 12.6 Å². The maximum Gasteiger partial charge on any atom is 0.389 e. The Hall–Kier alpha value is -0.620. The van der Waals surface area contributed by atoms with Crippen molar-refractivity contribution in [2.24, 2.45) is 0 Å². The van der Waals surface area contributed by atoms with E-state index in [0.29, 0.717) is 0 Å². The second-order valence-electron chi connectivity index (χ2n) is 2.40. The highest BCUT2D eigenvalue weighted by molar-refractivity contribution is 6.30. The number of aromatic nitrogens is 3. The SMILES string of the molecule is FC(F)(F)CCc1nc(Cl)nc(Cl)n1. The second kappa shape index (κ2) is 4.27. The van der Waals surface area contributed by atoms with Gasteiger partial charge in [0, 0.05) is 6.42 Å². The first-order valence-corrected chi connectivity index (χ1v) is 4.25. The first-order valence-electron chi connectivity index (χ1n) is 3.49. The quantitative estimate of drug-likeness (QED) is 0.805. The Balaban J connectivity index is 2.68. The molecule has 1 aromatic rings. The predicted octanol–water partition coefficient (Wildman–Crippen LogP) is 2.67. The molecule has 0 radical (unpaired) electrons. The third kappa shape index (κ3) is 4.06. The third-order valence-electron chi connectivity index (χ3n) is 1.26. The van der Waals surface area contributed by atoms with Crippen molar-refractivity contribution < 1.29 is 13.2 Å². The molecule has 1 heterocycles. The minimum atomic E-state index is -4.24. The van der Waals surface area contributed by atoms with Gasteiger partial charge in [0.05, 0.1) is 6.42 Å². The van der Waals surface area contributed by atoms with E-state index in [-0.39, 0.29) is 22.8 Å². The van der Waals surface area contributed by atoms with Crippen LogP contribution in [0.3, 0.4) is 0 Å². The molecule has 0 aliphatic heterocycles. The summed E-state index contributed by atoms with van der Waals surface area (Å²) >= 11 is 10.7. The van der Waals surface area contributed by atoms with Crippen LogP contribution >= 0.6 is 23.2 Å². The molecule has 8 heteroatoms. The average molecular weight is 246 g/mol. The minimum absolute atomic E-state index is 0.0627. The van der Waals surface area contributed by atoms with E-state index in [0.717, 1.165) is 0 Å².